The fourth-order valence-electron chi connectivity index (χ4n) is 7.41. The van der Waals surface area contributed by atoms with Crippen LogP contribution in [-0.2, 0) is 14.2 Å². The van der Waals surface area contributed by atoms with Gasteiger partial charge in [0.25, 0.3) is 0 Å². The first kappa shape index (κ1) is 55.2. The third kappa shape index (κ3) is 30.0. The Balaban J connectivity index is 0.000000443. The van der Waals surface area contributed by atoms with Crippen molar-refractivity contribution in [2.24, 2.45) is 26.3 Å². The van der Waals surface area contributed by atoms with Gasteiger partial charge in [0, 0.05) is 19.3 Å². The summed E-state index contributed by atoms with van der Waals surface area (Å²) in [6.45, 7) is 19.2. The summed E-state index contributed by atoms with van der Waals surface area (Å²) in [7, 11) is 0. The van der Waals surface area contributed by atoms with Crippen molar-refractivity contribution in [2.45, 2.75) is 272 Å². The van der Waals surface area contributed by atoms with Crippen LogP contribution in [0.1, 0.15) is 248 Å². The Kier molecular flexibility index (Phi) is 32.5. The molecule has 0 saturated heterocycles. The molecule has 0 aromatic rings. The summed E-state index contributed by atoms with van der Waals surface area (Å²) in [6, 6.07) is -0.874. The summed E-state index contributed by atoms with van der Waals surface area (Å²) in [6.07, 6.45) is 33.9. The Morgan fingerprint density at radius 2 is 0.729 bits per heavy atom. The van der Waals surface area contributed by atoms with E-state index in [1.807, 2.05) is 0 Å². The van der Waals surface area contributed by atoms with Crippen molar-refractivity contribution < 1.29 is 27.4 Å². The molecule has 0 bridgehead atoms. The van der Waals surface area contributed by atoms with Gasteiger partial charge in [0.15, 0.2) is 23.7 Å². The quantitative estimate of drug-likeness (QED) is 0.0653. The normalized spacial score (nSPS) is 18.9. The highest BCUT2D eigenvalue weighted by atomic mass is 19.4. The van der Waals surface area contributed by atoms with E-state index in [0.29, 0.717) is 24.4 Å². The van der Waals surface area contributed by atoms with Gasteiger partial charge >= 0.3 is 6.18 Å². The van der Waals surface area contributed by atoms with Crippen LogP contribution in [0.3, 0.4) is 0 Å². The Morgan fingerprint density at radius 3 is 1.00 bits per heavy atom. The van der Waals surface area contributed by atoms with Gasteiger partial charge in [-0.05, 0) is 30.6 Å². The lowest BCUT2D eigenvalue weighted by atomic mass is 9.88. The fourth-order valence-corrected chi connectivity index (χ4v) is 7.41. The highest BCUT2D eigenvalue weighted by Gasteiger charge is 2.43. The van der Waals surface area contributed by atoms with Crippen molar-refractivity contribution in [1.29, 1.82) is 0 Å². The molecule has 6 nitrogen and oxygen atoms in total. The Hall–Kier alpha value is -1.80. The topological polar surface area (TPSA) is 64.8 Å². The molecule has 0 aromatic carbocycles. The van der Waals surface area contributed by atoms with Gasteiger partial charge < -0.3 is 14.2 Å². The molecular weight excluding hydrogens is 748 g/mol. The van der Waals surface area contributed by atoms with Gasteiger partial charge in [0.2, 0.25) is 0 Å². The van der Waals surface area contributed by atoms with Crippen molar-refractivity contribution in [2.75, 3.05) is 19.8 Å². The number of hydrogen-bond donors (Lipinski definition) is 0. The van der Waals surface area contributed by atoms with Gasteiger partial charge in [-0.25, -0.2) is 15.0 Å². The molecule has 9 heteroatoms. The molecule has 0 saturated carbocycles. The molecule has 3 aliphatic rings. The first-order valence-corrected chi connectivity index (χ1v) is 25.0. The maximum Gasteiger partial charge on any atom is 0.414 e. The van der Waals surface area contributed by atoms with E-state index in [0.717, 1.165) is 57.1 Å². The van der Waals surface area contributed by atoms with Crippen LogP contribution in [0.15, 0.2) is 15.0 Å². The van der Waals surface area contributed by atoms with E-state index >= 15 is 0 Å². The average Bonchev–Trinajstić information content (AvgIpc) is 3.99. The van der Waals surface area contributed by atoms with Crippen LogP contribution in [0.5, 0.6) is 0 Å². The third-order valence-corrected chi connectivity index (χ3v) is 11.8. The van der Waals surface area contributed by atoms with Gasteiger partial charge in [-0.2, -0.15) is 13.2 Å². The van der Waals surface area contributed by atoms with Crippen LogP contribution in [0.4, 0.5) is 13.2 Å². The molecule has 3 unspecified atom stereocenters. The minimum atomic E-state index is -4.26. The zero-order valence-corrected chi connectivity index (χ0v) is 39.8. The fraction of sp³-hybridized carbons (Fsp3) is 0.940. The Bertz CT molecular complexity index is 1030. The van der Waals surface area contributed by atoms with Crippen molar-refractivity contribution in [1.82, 2.24) is 0 Å². The van der Waals surface area contributed by atoms with Crippen LogP contribution >= 0.6 is 0 Å². The molecule has 0 aliphatic carbocycles. The summed E-state index contributed by atoms with van der Waals surface area (Å²) < 4.78 is 53.4. The standard InChI is InChI=1S/C18H35NO.C17H33NO.C15H26F3NO/c1-5-6-7-8-9-10-11-12-13-14-17-19-16(15-20-17)18(2,3)4;1-4-5-6-7-8-9-10-11-12-13-17-18-16(14-19-17)15(2)3;1-2-3-4-5-6-7-8-9-10-11-14-19-13(12-20-14)15(16,17)18/h16H,5-15H2,1-4H3;15-16H,4-14H2,1-3H3;13H,2-12H2,1H3. The molecule has 0 radical (unpaired) electrons. The summed E-state index contributed by atoms with van der Waals surface area (Å²) in [5.74, 6) is 2.92. The zero-order chi connectivity index (χ0) is 43.6. The highest BCUT2D eigenvalue weighted by Crippen LogP contribution is 2.28. The average molecular weight is 842 g/mol. The molecule has 3 heterocycles. The SMILES string of the molecule is CCCCCCCCCCCC1=NC(C(C)(C)C)CO1.CCCCCCCCCCCC1=NC(C(C)C)CO1.CCCCCCCCCCCC1=NC(C(F)(F)F)CO1. The van der Waals surface area contributed by atoms with Crippen LogP contribution in [-0.4, -0.2) is 61.8 Å². The van der Waals surface area contributed by atoms with Crippen molar-refractivity contribution >= 4 is 17.7 Å². The lowest BCUT2D eigenvalue weighted by Gasteiger charge is -2.21. The second-order valence-electron chi connectivity index (χ2n) is 19.0. The molecular formula is C50H94F3N3O3. The predicted octanol–water partition coefficient (Wildman–Crippen LogP) is 16.4. The number of halogens is 3. The van der Waals surface area contributed by atoms with Crippen LogP contribution in [0.25, 0.3) is 0 Å². The summed E-state index contributed by atoms with van der Waals surface area (Å²) >= 11 is 0. The summed E-state index contributed by atoms with van der Waals surface area (Å²) in [5, 5.41) is 0. The number of hydrogen-bond acceptors (Lipinski definition) is 6. The lowest BCUT2D eigenvalue weighted by molar-refractivity contribution is -0.149. The number of nitrogens with zero attached hydrogens (tertiary/aromatic N) is 3. The molecule has 3 rings (SSSR count). The molecule has 0 fully saturated rings. The van der Waals surface area contributed by atoms with E-state index in [4.69, 9.17) is 19.2 Å². The molecule has 0 spiro atoms. The number of aliphatic imine (C=N–C) groups is 3. The minimum absolute atomic E-state index is 0.236. The molecule has 348 valence electrons. The summed E-state index contributed by atoms with van der Waals surface area (Å²) in [5.41, 5.74) is 0.236. The van der Waals surface area contributed by atoms with Gasteiger partial charge in [-0.1, -0.05) is 209 Å². The number of unbranched alkanes of at least 4 members (excludes halogenated alkanes) is 24. The second kappa shape index (κ2) is 34.7. The van der Waals surface area contributed by atoms with Gasteiger partial charge in [0.1, 0.15) is 19.8 Å². The minimum Gasteiger partial charge on any atom is -0.479 e. The monoisotopic (exact) mass is 842 g/mol. The maximum atomic E-state index is 12.4. The third-order valence-electron chi connectivity index (χ3n) is 11.8. The highest BCUT2D eigenvalue weighted by molar-refractivity contribution is 5.78. The maximum absolute atomic E-state index is 12.4. The van der Waals surface area contributed by atoms with Crippen molar-refractivity contribution in [3.63, 3.8) is 0 Å². The molecule has 59 heavy (non-hydrogen) atoms. The summed E-state index contributed by atoms with van der Waals surface area (Å²) in [4.78, 5) is 13.0. The largest absolute Gasteiger partial charge is 0.479 e. The first-order chi connectivity index (χ1) is 28.3. The van der Waals surface area contributed by atoms with Crippen molar-refractivity contribution in [3.8, 4) is 0 Å². The van der Waals surface area contributed by atoms with E-state index in [1.165, 1.54) is 154 Å². The van der Waals surface area contributed by atoms with Gasteiger partial charge in [-0.15, -0.1) is 0 Å². The van der Waals surface area contributed by atoms with E-state index in [1.54, 1.807) is 0 Å². The van der Waals surface area contributed by atoms with Gasteiger partial charge in [0.05, 0.1) is 12.1 Å². The van der Waals surface area contributed by atoms with Crippen LogP contribution in [0, 0.1) is 11.3 Å². The first-order valence-electron chi connectivity index (χ1n) is 25.0. The zero-order valence-electron chi connectivity index (χ0n) is 39.8. The van der Waals surface area contributed by atoms with E-state index < -0.39 is 12.2 Å². The molecule has 3 aliphatic heterocycles. The van der Waals surface area contributed by atoms with E-state index in [-0.39, 0.29) is 17.9 Å². The predicted molar refractivity (Wildman–Crippen MR) is 247 cm³/mol. The van der Waals surface area contributed by atoms with Gasteiger partial charge in [-0.3, -0.25) is 0 Å². The molecule has 0 amide bonds. The van der Waals surface area contributed by atoms with E-state index in [2.05, 4.69) is 65.4 Å². The number of rotatable bonds is 31. The Labute approximate surface area is 362 Å². The van der Waals surface area contributed by atoms with E-state index in [9.17, 15) is 13.2 Å². The van der Waals surface area contributed by atoms with Crippen LogP contribution < -0.4 is 0 Å². The lowest BCUT2D eigenvalue weighted by Crippen LogP contribution is -2.27. The molecule has 0 N–H and O–H groups in total. The number of ether oxygens (including phenoxy) is 3. The second-order valence-corrected chi connectivity index (χ2v) is 19.0. The molecule has 0 aromatic heterocycles. The van der Waals surface area contributed by atoms with Crippen molar-refractivity contribution in [3.05, 3.63) is 0 Å². The van der Waals surface area contributed by atoms with Crippen LogP contribution in [0.2, 0.25) is 0 Å². The Morgan fingerprint density at radius 1 is 0.441 bits per heavy atom. The smallest absolute Gasteiger partial charge is 0.414 e. The molecule has 3 atom stereocenters. The number of alkyl halides is 3.